The predicted molar refractivity (Wildman–Crippen MR) is 47.7 cm³/mol. The molecule has 1 rings (SSSR count). The molecule has 0 heterocycles. The molecule has 1 saturated carbocycles. The summed E-state index contributed by atoms with van der Waals surface area (Å²) in [4.78, 5) is 0. The molecule has 0 spiro atoms. The van der Waals surface area contributed by atoms with Crippen LogP contribution in [0.25, 0.3) is 0 Å². The van der Waals surface area contributed by atoms with Crippen molar-refractivity contribution in [1.82, 2.24) is 0 Å². The van der Waals surface area contributed by atoms with Crippen molar-refractivity contribution >= 4 is 5.84 Å². The lowest BCUT2D eigenvalue weighted by atomic mass is 9.81. The lowest BCUT2D eigenvalue weighted by molar-refractivity contribution is 0.296. The zero-order chi connectivity index (χ0) is 8.27. The molecule has 11 heavy (non-hydrogen) atoms. The van der Waals surface area contributed by atoms with Crippen LogP contribution in [0.1, 0.15) is 39.0 Å². The lowest BCUT2D eigenvalue weighted by Gasteiger charge is -2.25. The molecule has 2 heteroatoms. The summed E-state index contributed by atoms with van der Waals surface area (Å²) in [5, 5.41) is 7.16. The van der Waals surface area contributed by atoms with Crippen molar-refractivity contribution in [2.24, 2.45) is 17.6 Å². The number of nitrogens with two attached hydrogens (primary N) is 1. The molecular formula is C9H18N2. The molecule has 0 amide bonds. The Hall–Kier alpha value is -0.530. The van der Waals surface area contributed by atoms with Gasteiger partial charge in [-0.25, -0.2) is 0 Å². The first-order chi connectivity index (χ1) is 5.18. The highest BCUT2D eigenvalue weighted by Gasteiger charge is 2.18. The van der Waals surface area contributed by atoms with Gasteiger partial charge in [-0.1, -0.05) is 19.8 Å². The summed E-state index contributed by atoms with van der Waals surface area (Å²) in [6.07, 6.45) is 6.05. The van der Waals surface area contributed by atoms with E-state index >= 15 is 0 Å². The smallest absolute Gasteiger partial charge is 0.0908 e. The van der Waals surface area contributed by atoms with Gasteiger partial charge in [-0.3, -0.25) is 5.41 Å². The molecule has 0 aromatic carbocycles. The maximum absolute atomic E-state index is 7.16. The van der Waals surface area contributed by atoms with Crippen molar-refractivity contribution in [1.29, 1.82) is 5.41 Å². The fourth-order valence-corrected chi connectivity index (χ4v) is 1.84. The third kappa shape index (κ3) is 2.91. The van der Waals surface area contributed by atoms with E-state index in [1.54, 1.807) is 0 Å². The monoisotopic (exact) mass is 154 g/mol. The number of hydrogen-bond donors (Lipinski definition) is 2. The van der Waals surface area contributed by atoms with E-state index in [9.17, 15) is 0 Å². The van der Waals surface area contributed by atoms with Crippen LogP contribution in [0.15, 0.2) is 0 Å². The highest BCUT2D eigenvalue weighted by Crippen LogP contribution is 2.29. The standard InChI is InChI=1S/C9H18N2/c1-7-2-4-8(5-3-7)6-9(10)11/h7-8H,2-6H2,1H3,(H3,10,11). The van der Waals surface area contributed by atoms with Crippen LogP contribution in [0.3, 0.4) is 0 Å². The Morgan fingerprint density at radius 3 is 2.36 bits per heavy atom. The van der Waals surface area contributed by atoms with Gasteiger partial charge in [0.15, 0.2) is 0 Å². The van der Waals surface area contributed by atoms with E-state index in [-0.39, 0.29) is 0 Å². The molecule has 1 fully saturated rings. The van der Waals surface area contributed by atoms with Gasteiger partial charge in [0.1, 0.15) is 0 Å². The molecule has 1 aliphatic carbocycles. The molecule has 0 aromatic rings. The zero-order valence-corrected chi connectivity index (χ0v) is 7.27. The van der Waals surface area contributed by atoms with E-state index in [0.717, 1.165) is 12.3 Å². The van der Waals surface area contributed by atoms with Crippen molar-refractivity contribution in [3.8, 4) is 0 Å². The Bertz CT molecular complexity index is 134. The van der Waals surface area contributed by atoms with Crippen LogP contribution in [0.5, 0.6) is 0 Å². The summed E-state index contributed by atoms with van der Waals surface area (Å²) in [5.41, 5.74) is 5.34. The third-order valence-corrected chi connectivity index (χ3v) is 2.64. The fraction of sp³-hybridized carbons (Fsp3) is 0.889. The molecule has 0 aromatic heterocycles. The average Bonchev–Trinajstić information content (AvgIpc) is 1.93. The predicted octanol–water partition coefficient (Wildman–Crippen LogP) is 2.14. The van der Waals surface area contributed by atoms with Gasteiger partial charge < -0.3 is 5.73 Å². The van der Waals surface area contributed by atoms with Crippen molar-refractivity contribution in [2.75, 3.05) is 0 Å². The van der Waals surface area contributed by atoms with E-state index in [2.05, 4.69) is 6.92 Å². The topological polar surface area (TPSA) is 49.9 Å². The SMILES string of the molecule is CC1CCC(CC(=N)N)CC1. The summed E-state index contributed by atoms with van der Waals surface area (Å²) >= 11 is 0. The molecule has 0 radical (unpaired) electrons. The van der Waals surface area contributed by atoms with Crippen LogP contribution in [-0.2, 0) is 0 Å². The van der Waals surface area contributed by atoms with Crippen molar-refractivity contribution in [3.63, 3.8) is 0 Å². The minimum absolute atomic E-state index is 0.365. The maximum atomic E-state index is 7.16. The fourth-order valence-electron chi connectivity index (χ4n) is 1.84. The molecule has 0 bridgehead atoms. The van der Waals surface area contributed by atoms with Crippen LogP contribution in [0, 0.1) is 17.2 Å². The highest BCUT2D eigenvalue weighted by atomic mass is 14.7. The average molecular weight is 154 g/mol. The van der Waals surface area contributed by atoms with Crippen LogP contribution in [0.2, 0.25) is 0 Å². The molecule has 0 aliphatic heterocycles. The van der Waals surface area contributed by atoms with Crippen molar-refractivity contribution < 1.29 is 0 Å². The Kier molecular flexibility index (Phi) is 2.92. The summed E-state index contributed by atoms with van der Waals surface area (Å²) in [6.45, 7) is 2.31. The molecule has 3 N–H and O–H groups in total. The summed E-state index contributed by atoms with van der Waals surface area (Å²) in [5.74, 6) is 1.98. The van der Waals surface area contributed by atoms with E-state index in [1.807, 2.05) is 0 Å². The van der Waals surface area contributed by atoms with Gasteiger partial charge in [-0.2, -0.15) is 0 Å². The van der Waals surface area contributed by atoms with Gasteiger partial charge in [0.05, 0.1) is 5.84 Å². The first kappa shape index (κ1) is 8.57. The van der Waals surface area contributed by atoms with Gasteiger partial charge in [0, 0.05) is 6.42 Å². The molecule has 0 saturated heterocycles. The van der Waals surface area contributed by atoms with Gasteiger partial charge >= 0.3 is 0 Å². The second-order valence-corrected chi connectivity index (χ2v) is 3.86. The van der Waals surface area contributed by atoms with E-state index < -0.39 is 0 Å². The summed E-state index contributed by atoms with van der Waals surface area (Å²) in [7, 11) is 0. The molecule has 1 aliphatic rings. The van der Waals surface area contributed by atoms with Gasteiger partial charge in [0.2, 0.25) is 0 Å². The van der Waals surface area contributed by atoms with Crippen LogP contribution < -0.4 is 5.73 Å². The number of amidine groups is 1. The maximum Gasteiger partial charge on any atom is 0.0908 e. The number of rotatable bonds is 2. The quantitative estimate of drug-likeness (QED) is 0.464. The van der Waals surface area contributed by atoms with E-state index in [4.69, 9.17) is 11.1 Å². The first-order valence-corrected chi connectivity index (χ1v) is 4.51. The van der Waals surface area contributed by atoms with Crippen LogP contribution in [-0.4, -0.2) is 5.84 Å². The second-order valence-electron chi connectivity index (χ2n) is 3.86. The zero-order valence-electron chi connectivity index (χ0n) is 7.27. The molecule has 0 atom stereocenters. The van der Waals surface area contributed by atoms with Crippen LogP contribution in [0.4, 0.5) is 0 Å². The van der Waals surface area contributed by atoms with Gasteiger partial charge in [0.25, 0.3) is 0 Å². The minimum Gasteiger partial charge on any atom is -0.388 e. The summed E-state index contributed by atoms with van der Waals surface area (Å²) in [6, 6.07) is 0. The van der Waals surface area contributed by atoms with Crippen molar-refractivity contribution in [3.05, 3.63) is 0 Å². The number of nitrogens with one attached hydrogen (secondary N) is 1. The van der Waals surface area contributed by atoms with E-state index in [1.165, 1.54) is 25.7 Å². The Balaban J connectivity index is 2.22. The lowest BCUT2D eigenvalue weighted by Crippen LogP contribution is -2.19. The summed E-state index contributed by atoms with van der Waals surface area (Å²) < 4.78 is 0. The van der Waals surface area contributed by atoms with Gasteiger partial charge in [-0.15, -0.1) is 0 Å². The second kappa shape index (κ2) is 3.74. The first-order valence-electron chi connectivity index (χ1n) is 4.51. The molecule has 64 valence electrons. The largest absolute Gasteiger partial charge is 0.388 e. The van der Waals surface area contributed by atoms with Gasteiger partial charge in [-0.05, 0) is 24.7 Å². The molecular weight excluding hydrogens is 136 g/mol. The minimum atomic E-state index is 0.365. The Labute approximate surface area is 68.7 Å². The Morgan fingerprint density at radius 1 is 1.36 bits per heavy atom. The van der Waals surface area contributed by atoms with E-state index in [0.29, 0.717) is 11.8 Å². The highest BCUT2D eigenvalue weighted by molar-refractivity contribution is 5.77. The third-order valence-electron chi connectivity index (χ3n) is 2.64. The normalized spacial score (nSPS) is 31.7. The molecule has 0 unspecified atom stereocenters. The van der Waals surface area contributed by atoms with Crippen molar-refractivity contribution in [2.45, 2.75) is 39.0 Å². The molecule has 2 nitrogen and oxygen atoms in total. The van der Waals surface area contributed by atoms with Crippen LogP contribution >= 0.6 is 0 Å². The Morgan fingerprint density at radius 2 is 1.91 bits per heavy atom. The number of hydrogen-bond acceptors (Lipinski definition) is 1.